The minimum atomic E-state index is -0.157. The van der Waals surface area contributed by atoms with E-state index in [0.29, 0.717) is 0 Å². The molecule has 0 saturated heterocycles. The molecule has 0 bridgehead atoms. The number of benzene rings is 10. The summed E-state index contributed by atoms with van der Waals surface area (Å²) in [6.45, 7) is 9.67. The number of hydrogen-bond acceptors (Lipinski definition) is 0. The van der Waals surface area contributed by atoms with E-state index in [1.54, 1.807) is 0 Å². The van der Waals surface area contributed by atoms with E-state index in [0.717, 1.165) is 0 Å². The Bertz CT molecular complexity index is 4430. The first-order valence-corrected chi connectivity index (χ1v) is 22.4. The van der Waals surface area contributed by atoms with Crippen molar-refractivity contribution in [2.24, 2.45) is 0 Å². The van der Waals surface area contributed by atoms with Crippen molar-refractivity contribution < 1.29 is 0 Å². The van der Waals surface area contributed by atoms with Gasteiger partial charge in [-0.15, -0.1) is 0 Å². The van der Waals surface area contributed by atoms with Crippen LogP contribution in [-0.2, 0) is 10.8 Å². The standard InChI is InChI=1S/C60H39N3/c1-59(2)44-25-23-32-13-5-8-16-35(32)53(44)42-28-40-38-19-11-21-48-55(38)62(50(40)30-46(42)59)52-27-34-15-7-10-18-37(34)57-58(52)61(48)49-22-12-20-39-41-29-43-47(31-51(41)63(57)56(39)49)60(3,4)45-26-24-33-14-6-9-17-36(33)54(43)45/h5-31H,1-4H3. The van der Waals surface area contributed by atoms with Crippen molar-refractivity contribution in [1.29, 1.82) is 0 Å². The third-order valence-corrected chi connectivity index (χ3v) is 16.0. The lowest BCUT2D eigenvalue weighted by atomic mass is 9.82. The Hall–Kier alpha value is -7.62. The molecule has 4 heterocycles. The number of para-hydroxylation sites is 2. The highest BCUT2D eigenvalue weighted by atomic mass is 15.1. The predicted octanol–water partition coefficient (Wildman–Crippen LogP) is 15.7. The van der Waals surface area contributed by atoms with Crippen molar-refractivity contribution in [2.75, 3.05) is 0 Å². The van der Waals surface area contributed by atoms with Gasteiger partial charge in [0.25, 0.3) is 0 Å². The molecule has 63 heavy (non-hydrogen) atoms. The summed E-state index contributed by atoms with van der Waals surface area (Å²) in [5.74, 6) is 0. The van der Waals surface area contributed by atoms with Crippen LogP contribution in [0.5, 0.6) is 0 Å². The van der Waals surface area contributed by atoms with Crippen molar-refractivity contribution in [3.05, 3.63) is 186 Å². The Kier molecular flexibility index (Phi) is 5.52. The van der Waals surface area contributed by atoms with E-state index in [9.17, 15) is 0 Å². The Morgan fingerprint density at radius 1 is 0.317 bits per heavy atom. The van der Waals surface area contributed by atoms with Crippen molar-refractivity contribution in [1.82, 2.24) is 13.4 Å². The van der Waals surface area contributed by atoms with Crippen LogP contribution in [0.3, 0.4) is 0 Å². The molecule has 0 N–H and O–H groups in total. The second kappa shape index (κ2) is 10.5. The topological polar surface area (TPSA) is 13.8 Å². The molecule has 10 aromatic carbocycles. The van der Waals surface area contributed by atoms with Gasteiger partial charge in [0.05, 0.1) is 49.8 Å². The second-order valence-corrected chi connectivity index (χ2v) is 19.7. The van der Waals surface area contributed by atoms with Gasteiger partial charge in [0.2, 0.25) is 0 Å². The van der Waals surface area contributed by atoms with E-state index >= 15 is 0 Å². The summed E-state index contributed by atoms with van der Waals surface area (Å²) < 4.78 is 7.88. The van der Waals surface area contributed by atoms with Crippen LogP contribution in [0.4, 0.5) is 0 Å². The fourth-order valence-electron chi connectivity index (χ4n) is 13.2. The Balaban J connectivity index is 1.12. The molecule has 2 aliphatic carbocycles. The lowest BCUT2D eigenvalue weighted by molar-refractivity contribution is 0.661. The fourth-order valence-corrected chi connectivity index (χ4v) is 13.2. The number of aromatic nitrogens is 3. The highest BCUT2D eigenvalue weighted by Gasteiger charge is 2.40. The van der Waals surface area contributed by atoms with Gasteiger partial charge in [-0.3, -0.25) is 0 Å². The smallest absolute Gasteiger partial charge is 0.0954 e. The molecular weight excluding hydrogens is 763 g/mol. The molecule has 3 heteroatoms. The van der Waals surface area contributed by atoms with E-state index in [1.165, 1.54) is 148 Å². The summed E-state index contributed by atoms with van der Waals surface area (Å²) in [6.07, 6.45) is 0. The first-order chi connectivity index (χ1) is 30.8. The predicted molar refractivity (Wildman–Crippen MR) is 265 cm³/mol. The Morgan fingerprint density at radius 3 is 1.37 bits per heavy atom. The van der Waals surface area contributed by atoms with Crippen LogP contribution in [0, 0.1) is 0 Å². The van der Waals surface area contributed by atoms with Crippen LogP contribution < -0.4 is 0 Å². The molecule has 294 valence electrons. The van der Waals surface area contributed by atoms with E-state index in [4.69, 9.17) is 0 Å². The highest BCUT2D eigenvalue weighted by molar-refractivity contribution is 6.25. The molecule has 0 saturated carbocycles. The summed E-state index contributed by atoms with van der Waals surface area (Å²) in [5, 5.41) is 13.0. The average Bonchev–Trinajstić information content (AvgIpc) is 3.96. The quantitative estimate of drug-likeness (QED) is 0.107. The van der Waals surface area contributed by atoms with Gasteiger partial charge in [-0.05, 0) is 114 Å². The van der Waals surface area contributed by atoms with Gasteiger partial charge in [-0.1, -0.05) is 149 Å². The molecule has 0 unspecified atom stereocenters. The lowest BCUT2D eigenvalue weighted by Crippen LogP contribution is -2.15. The minimum Gasteiger partial charge on any atom is -0.305 e. The molecule has 0 atom stereocenters. The van der Waals surface area contributed by atoms with Crippen molar-refractivity contribution in [2.45, 2.75) is 38.5 Å². The van der Waals surface area contributed by atoms with Crippen molar-refractivity contribution in [3.8, 4) is 27.9 Å². The van der Waals surface area contributed by atoms with E-state index < -0.39 is 0 Å². The zero-order valence-electron chi connectivity index (χ0n) is 35.4. The maximum Gasteiger partial charge on any atom is 0.0954 e. The maximum absolute atomic E-state index is 2.65. The monoisotopic (exact) mass is 801 g/mol. The molecule has 0 fully saturated rings. The van der Waals surface area contributed by atoms with Crippen molar-refractivity contribution in [3.63, 3.8) is 0 Å². The molecule has 0 radical (unpaired) electrons. The van der Waals surface area contributed by atoms with Gasteiger partial charge in [0.15, 0.2) is 0 Å². The molecule has 16 rings (SSSR count). The molecule has 12 aromatic rings. The SMILES string of the molecule is CC1(C)c2cc3c(cc2-c2c1ccc1ccccc21)c1cccc2c1n3c1cc3ccccc3c3c1-n2c1cccc2c4cc5c(cc4n3c21)C(C)(C)c1ccc2ccccc2c1-5. The average molecular weight is 802 g/mol. The van der Waals surface area contributed by atoms with E-state index in [1.807, 2.05) is 0 Å². The van der Waals surface area contributed by atoms with Crippen molar-refractivity contribution >= 4 is 98.0 Å². The van der Waals surface area contributed by atoms with E-state index in [-0.39, 0.29) is 10.8 Å². The van der Waals surface area contributed by atoms with E-state index in [2.05, 4.69) is 205 Å². The largest absolute Gasteiger partial charge is 0.305 e. The van der Waals surface area contributed by atoms with Crippen LogP contribution in [0.2, 0.25) is 0 Å². The number of hydrogen-bond donors (Lipinski definition) is 0. The number of nitrogens with zero attached hydrogens (tertiary/aromatic N) is 3. The normalized spacial score (nSPS) is 15.2. The third-order valence-electron chi connectivity index (χ3n) is 16.0. The number of fused-ring (bicyclic) bond motifs is 22. The first-order valence-electron chi connectivity index (χ1n) is 22.4. The first kappa shape index (κ1) is 33.1. The van der Waals surface area contributed by atoms with Gasteiger partial charge >= 0.3 is 0 Å². The van der Waals surface area contributed by atoms with Crippen LogP contribution in [0.1, 0.15) is 49.9 Å². The summed E-state index contributed by atoms with van der Waals surface area (Å²) in [7, 11) is 0. The van der Waals surface area contributed by atoms with Gasteiger partial charge in [0.1, 0.15) is 0 Å². The zero-order valence-corrected chi connectivity index (χ0v) is 35.4. The lowest BCUT2D eigenvalue weighted by Gasteiger charge is -2.26. The van der Waals surface area contributed by atoms with Crippen LogP contribution in [-0.4, -0.2) is 13.4 Å². The van der Waals surface area contributed by atoms with Crippen LogP contribution in [0.25, 0.3) is 126 Å². The summed E-state index contributed by atoms with van der Waals surface area (Å²) in [5.41, 5.74) is 22.1. The molecular formula is C60H39N3. The zero-order chi connectivity index (χ0) is 41.4. The van der Waals surface area contributed by atoms with Gasteiger partial charge in [-0.2, -0.15) is 0 Å². The van der Waals surface area contributed by atoms with Gasteiger partial charge in [0, 0.05) is 37.8 Å². The molecule has 3 nitrogen and oxygen atoms in total. The fraction of sp³-hybridized carbons (Fsp3) is 0.100. The molecule has 2 aliphatic heterocycles. The molecule has 0 spiro atoms. The Morgan fingerprint density at radius 2 is 0.794 bits per heavy atom. The highest BCUT2D eigenvalue weighted by Crippen LogP contribution is 2.56. The van der Waals surface area contributed by atoms with Gasteiger partial charge < -0.3 is 13.4 Å². The Labute approximate surface area is 362 Å². The van der Waals surface area contributed by atoms with Crippen LogP contribution >= 0.6 is 0 Å². The summed E-state index contributed by atoms with van der Waals surface area (Å²) in [4.78, 5) is 0. The van der Waals surface area contributed by atoms with Gasteiger partial charge in [-0.25, -0.2) is 0 Å². The molecule has 4 aliphatic rings. The number of rotatable bonds is 0. The molecule has 0 amide bonds. The maximum atomic E-state index is 2.65. The van der Waals surface area contributed by atoms with Crippen LogP contribution in [0.15, 0.2) is 164 Å². The summed E-state index contributed by atoms with van der Waals surface area (Å²) >= 11 is 0. The minimum absolute atomic E-state index is 0.152. The summed E-state index contributed by atoms with van der Waals surface area (Å²) in [6, 6.07) is 62.9. The molecule has 2 aromatic heterocycles. The second-order valence-electron chi connectivity index (χ2n) is 19.7. The third kappa shape index (κ3) is 3.61.